The summed E-state index contributed by atoms with van der Waals surface area (Å²) in [5.74, 6) is -1.71. The van der Waals surface area contributed by atoms with Crippen molar-refractivity contribution in [3.05, 3.63) is 77.6 Å². The monoisotopic (exact) mass is 381 g/mol. The van der Waals surface area contributed by atoms with E-state index in [0.29, 0.717) is 18.4 Å². The first-order valence-electron chi connectivity index (χ1n) is 8.89. The molecule has 3 aromatic carbocycles. The van der Waals surface area contributed by atoms with Crippen molar-refractivity contribution in [1.82, 2.24) is 5.32 Å². The van der Waals surface area contributed by atoms with E-state index >= 15 is 0 Å². The Bertz CT molecular complexity index is 1000. The van der Waals surface area contributed by atoms with Crippen molar-refractivity contribution in [3.8, 4) is 5.75 Å². The van der Waals surface area contributed by atoms with Gasteiger partial charge in [0.05, 0.1) is 0 Å². The molecule has 0 aliphatic rings. The van der Waals surface area contributed by atoms with Gasteiger partial charge < -0.3 is 15.2 Å². The summed E-state index contributed by atoms with van der Waals surface area (Å²) in [7, 11) is 0. The molecular formula is C22H20FNO4. The van der Waals surface area contributed by atoms with E-state index in [-0.39, 0.29) is 17.1 Å². The predicted octanol–water partition coefficient (Wildman–Crippen LogP) is 3.59. The van der Waals surface area contributed by atoms with Gasteiger partial charge in [0.15, 0.2) is 6.10 Å². The van der Waals surface area contributed by atoms with Gasteiger partial charge in [0.25, 0.3) is 5.91 Å². The van der Waals surface area contributed by atoms with E-state index in [1.54, 1.807) is 30.3 Å². The van der Waals surface area contributed by atoms with Gasteiger partial charge in [-0.15, -0.1) is 0 Å². The molecule has 0 aliphatic heterocycles. The molecule has 0 radical (unpaired) electrons. The molecule has 0 unspecified atom stereocenters. The third-order valence-electron chi connectivity index (χ3n) is 4.40. The lowest BCUT2D eigenvalue weighted by molar-refractivity contribution is -0.129. The minimum absolute atomic E-state index is 0.00432. The van der Waals surface area contributed by atoms with Crippen LogP contribution in [0.1, 0.15) is 22.8 Å². The van der Waals surface area contributed by atoms with E-state index in [9.17, 15) is 19.1 Å². The zero-order valence-corrected chi connectivity index (χ0v) is 15.3. The van der Waals surface area contributed by atoms with Gasteiger partial charge in [-0.1, -0.05) is 42.5 Å². The third kappa shape index (κ3) is 4.46. The van der Waals surface area contributed by atoms with E-state index in [4.69, 9.17) is 4.74 Å². The maximum absolute atomic E-state index is 12.9. The fourth-order valence-corrected chi connectivity index (χ4v) is 2.82. The number of amides is 1. The van der Waals surface area contributed by atoms with Gasteiger partial charge in [0.1, 0.15) is 17.1 Å². The Morgan fingerprint density at radius 2 is 1.79 bits per heavy atom. The molecule has 0 aliphatic carbocycles. The predicted molar refractivity (Wildman–Crippen MR) is 104 cm³/mol. The second-order valence-corrected chi connectivity index (χ2v) is 6.40. The molecule has 3 rings (SSSR count). The number of carbonyl (C=O) groups is 2. The lowest BCUT2D eigenvalue weighted by atomic mass is 10.1. The number of nitrogens with one attached hydrogen (secondary N) is 1. The summed E-state index contributed by atoms with van der Waals surface area (Å²) in [6, 6.07) is 16.3. The summed E-state index contributed by atoms with van der Waals surface area (Å²) >= 11 is 0. The van der Waals surface area contributed by atoms with Crippen LogP contribution in [-0.2, 0) is 16.0 Å². The van der Waals surface area contributed by atoms with Crippen molar-refractivity contribution in [1.29, 1.82) is 0 Å². The Kier molecular flexibility index (Phi) is 5.89. The lowest BCUT2D eigenvalue weighted by Crippen LogP contribution is -2.36. The van der Waals surface area contributed by atoms with E-state index in [1.165, 1.54) is 25.1 Å². The molecule has 6 heteroatoms. The van der Waals surface area contributed by atoms with Crippen molar-refractivity contribution in [2.24, 2.45) is 0 Å². The van der Waals surface area contributed by atoms with E-state index in [0.717, 1.165) is 10.9 Å². The summed E-state index contributed by atoms with van der Waals surface area (Å²) in [5.41, 5.74) is 0.886. The molecule has 0 heterocycles. The largest absolute Gasteiger partial charge is 0.506 e. The smallest absolute Gasteiger partial charge is 0.342 e. The number of hydrogen-bond acceptors (Lipinski definition) is 4. The number of carbonyl (C=O) groups excluding carboxylic acids is 2. The first-order chi connectivity index (χ1) is 13.5. The Morgan fingerprint density at radius 1 is 1.07 bits per heavy atom. The highest BCUT2D eigenvalue weighted by Gasteiger charge is 2.21. The third-order valence-corrected chi connectivity index (χ3v) is 4.40. The molecule has 5 nitrogen and oxygen atoms in total. The minimum atomic E-state index is -1.02. The first kappa shape index (κ1) is 19.4. The molecular weight excluding hydrogens is 361 g/mol. The second kappa shape index (κ2) is 8.52. The Labute approximate surface area is 161 Å². The fraction of sp³-hybridized carbons (Fsp3) is 0.182. The molecule has 0 spiro atoms. The van der Waals surface area contributed by atoms with Crippen LogP contribution in [-0.4, -0.2) is 29.6 Å². The van der Waals surface area contributed by atoms with Crippen LogP contribution in [0.2, 0.25) is 0 Å². The van der Waals surface area contributed by atoms with Crippen molar-refractivity contribution >= 4 is 22.6 Å². The van der Waals surface area contributed by atoms with Crippen LogP contribution in [0, 0.1) is 5.82 Å². The normalized spacial score (nSPS) is 11.8. The standard InChI is InChI=1S/C22H20FNO4/c1-14(21(26)24-13-12-15-6-9-17(23)10-7-15)28-22(27)19-11-8-16-4-2-3-5-18(16)20(19)25/h2-11,14,25H,12-13H2,1H3,(H,24,26)/t14-/m1/s1. The number of fused-ring (bicyclic) bond motifs is 1. The summed E-state index contributed by atoms with van der Waals surface area (Å²) in [4.78, 5) is 24.5. The molecule has 144 valence electrons. The molecule has 0 bridgehead atoms. The minimum Gasteiger partial charge on any atom is -0.506 e. The summed E-state index contributed by atoms with van der Waals surface area (Å²) in [6.07, 6.45) is -0.496. The van der Waals surface area contributed by atoms with Crippen LogP contribution in [0.5, 0.6) is 5.75 Å². The van der Waals surface area contributed by atoms with E-state index < -0.39 is 18.0 Å². The number of phenols is 1. The molecule has 0 fully saturated rings. The molecule has 1 atom stereocenters. The Balaban J connectivity index is 1.57. The van der Waals surface area contributed by atoms with Crippen molar-refractivity contribution in [2.75, 3.05) is 6.54 Å². The number of esters is 1. The van der Waals surface area contributed by atoms with Crippen LogP contribution in [0.3, 0.4) is 0 Å². The van der Waals surface area contributed by atoms with Gasteiger partial charge in [0, 0.05) is 11.9 Å². The van der Waals surface area contributed by atoms with Crippen molar-refractivity contribution in [2.45, 2.75) is 19.4 Å². The first-order valence-corrected chi connectivity index (χ1v) is 8.89. The van der Waals surface area contributed by atoms with Crippen LogP contribution in [0.15, 0.2) is 60.7 Å². The zero-order valence-electron chi connectivity index (χ0n) is 15.3. The van der Waals surface area contributed by atoms with E-state index in [1.807, 2.05) is 12.1 Å². The van der Waals surface area contributed by atoms with E-state index in [2.05, 4.69) is 5.32 Å². The molecule has 2 N–H and O–H groups in total. The van der Waals surface area contributed by atoms with Gasteiger partial charge in [-0.2, -0.15) is 0 Å². The van der Waals surface area contributed by atoms with Crippen LogP contribution in [0.25, 0.3) is 10.8 Å². The van der Waals surface area contributed by atoms with Crippen LogP contribution < -0.4 is 5.32 Å². The highest BCUT2D eigenvalue weighted by Crippen LogP contribution is 2.29. The van der Waals surface area contributed by atoms with Crippen LogP contribution >= 0.6 is 0 Å². The topological polar surface area (TPSA) is 75.6 Å². The molecule has 28 heavy (non-hydrogen) atoms. The number of ether oxygens (including phenoxy) is 1. The molecule has 0 aromatic heterocycles. The quantitative estimate of drug-likeness (QED) is 0.640. The molecule has 0 saturated heterocycles. The maximum atomic E-state index is 12.9. The molecule has 1 amide bonds. The molecule has 0 saturated carbocycles. The number of halogens is 1. The average molecular weight is 381 g/mol. The molecule has 3 aromatic rings. The van der Waals surface area contributed by atoms with Gasteiger partial charge in [-0.05, 0) is 42.5 Å². The van der Waals surface area contributed by atoms with Gasteiger partial charge in [-0.3, -0.25) is 4.79 Å². The van der Waals surface area contributed by atoms with Gasteiger partial charge >= 0.3 is 5.97 Å². The summed E-state index contributed by atoms with van der Waals surface area (Å²) < 4.78 is 18.1. The number of phenolic OH excluding ortho intramolecular Hbond substituents is 1. The lowest BCUT2D eigenvalue weighted by Gasteiger charge is -2.14. The van der Waals surface area contributed by atoms with Crippen molar-refractivity contribution < 1.29 is 23.8 Å². The number of aromatic hydroxyl groups is 1. The maximum Gasteiger partial charge on any atom is 0.342 e. The number of hydrogen-bond donors (Lipinski definition) is 2. The fourth-order valence-electron chi connectivity index (χ4n) is 2.82. The highest BCUT2D eigenvalue weighted by atomic mass is 19.1. The van der Waals surface area contributed by atoms with Crippen LogP contribution in [0.4, 0.5) is 4.39 Å². The second-order valence-electron chi connectivity index (χ2n) is 6.40. The SMILES string of the molecule is C[C@@H](OC(=O)c1ccc2ccccc2c1O)C(=O)NCCc1ccc(F)cc1. The van der Waals surface area contributed by atoms with Gasteiger partial charge in [-0.25, -0.2) is 9.18 Å². The number of rotatable bonds is 6. The average Bonchev–Trinajstić information content (AvgIpc) is 2.69. The summed E-state index contributed by atoms with van der Waals surface area (Å²) in [5, 5.41) is 14.3. The Morgan fingerprint density at radius 3 is 2.54 bits per heavy atom. The van der Waals surface area contributed by atoms with Gasteiger partial charge in [0.2, 0.25) is 0 Å². The summed E-state index contributed by atoms with van der Waals surface area (Å²) in [6.45, 7) is 1.79. The zero-order chi connectivity index (χ0) is 20.1. The Hall–Kier alpha value is -3.41. The number of benzene rings is 3. The highest BCUT2D eigenvalue weighted by molar-refractivity contribution is 6.01. The van der Waals surface area contributed by atoms with Crippen molar-refractivity contribution in [3.63, 3.8) is 0 Å².